The highest BCUT2D eigenvalue weighted by atomic mass is 35.5. The van der Waals surface area contributed by atoms with E-state index in [1.807, 2.05) is 0 Å². The standard InChI is InChI=1S/C19H19ClN2O5S/c1-10-7-11(20)5-6-13(10)26-9-16(24)27-8-15(23)22-19-17(18(21)25)12-3-2-4-14(12)28-19/h5-7H,2-4,8-9H2,1H3,(H2,21,25)(H,22,23). The Bertz CT molecular complexity index is 941. The van der Waals surface area contributed by atoms with Gasteiger partial charge in [0.05, 0.1) is 5.56 Å². The first-order chi connectivity index (χ1) is 13.3. The van der Waals surface area contributed by atoms with Crippen molar-refractivity contribution in [2.45, 2.75) is 26.2 Å². The predicted octanol–water partition coefficient (Wildman–Crippen LogP) is 2.86. The van der Waals surface area contributed by atoms with Crippen LogP contribution in [0.5, 0.6) is 5.75 Å². The van der Waals surface area contributed by atoms with Crippen molar-refractivity contribution in [2.24, 2.45) is 5.73 Å². The Morgan fingerprint density at radius 1 is 1.25 bits per heavy atom. The number of nitrogens with two attached hydrogens (primary N) is 1. The number of amides is 2. The molecule has 1 heterocycles. The van der Waals surface area contributed by atoms with Crippen molar-refractivity contribution in [2.75, 3.05) is 18.5 Å². The Morgan fingerprint density at radius 2 is 2.04 bits per heavy atom. The molecule has 3 N–H and O–H groups in total. The van der Waals surface area contributed by atoms with Crippen molar-refractivity contribution in [1.29, 1.82) is 0 Å². The molecule has 0 bridgehead atoms. The number of fused-ring (bicyclic) bond motifs is 1. The number of primary amides is 1. The van der Waals surface area contributed by atoms with Crippen LogP contribution in [-0.2, 0) is 27.2 Å². The van der Waals surface area contributed by atoms with E-state index in [0.717, 1.165) is 35.3 Å². The van der Waals surface area contributed by atoms with Gasteiger partial charge in [0.2, 0.25) is 0 Å². The Hall–Kier alpha value is -2.58. The zero-order chi connectivity index (χ0) is 20.3. The van der Waals surface area contributed by atoms with Gasteiger partial charge in [-0.2, -0.15) is 0 Å². The van der Waals surface area contributed by atoms with E-state index in [4.69, 9.17) is 26.8 Å². The van der Waals surface area contributed by atoms with E-state index < -0.39 is 24.4 Å². The minimum atomic E-state index is -0.687. The molecule has 1 aliphatic rings. The lowest BCUT2D eigenvalue weighted by Crippen LogP contribution is -2.24. The molecule has 2 amide bonds. The number of halogens is 1. The molecule has 0 fully saturated rings. The Balaban J connectivity index is 1.51. The number of hydrogen-bond acceptors (Lipinski definition) is 6. The molecule has 0 radical (unpaired) electrons. The number of nitrogens with one attached hydrogen (secondary N) is 1. The molecule has 0 saturated heterocycles. The van der Waals surface area contributed by atoms with Crippen LogP contribution in [0, 0.1) is 6.92 Å². The Morgan fingerprint density at radius 3 is 2.75 bits per heavy atom. The summed E-state index contributed by atoms with van der Waals surface area (Å²) in [4.78, 5) is 36.7. The zero-order valence-electron chi connectivity index (χ0n) is 15.2. The van der Waals surface area contributed by atoms with Crippen LogP contribution in [-0.4, -0.2) is 31.0 Å². The number of thiophene rings is 1. The lowest BCUT2D eigenvalue weighted by atomic mass is 10.1. The number of hydrogen-bond donors (Lipinski definition) is 2. The smallest absolute Gasteiger partial charge is 0.344 e. The molecular formula is C19H19ClN2O5S. The number of carbonyl (C=O) groups is 3. The van der Waals surface area contributed by atoms with Gasteiger partial charge in [0.15, 0.2) is 13.2 Å². The maximum absolute atomic E-state index is 12.1. The van der Waals surface area contributed by atoms with Crippen molar-refractivity contribution in [3.8, 4) is 5.75 Å². The molecule has 0 saturated carbocycles. The summed E-state index contributed by atoms with van der Waals surface area (Å²) in [6.45, 7) is 0.979. The quantitative estimate of drug-likeness (QED) is 0.667. The van der Waals surface area contributed by atoms with E-state index in [9.17, 15) is 14.4 Å². The summed E-state index contributed by atoms with van der Waals surface area (Å²) in [6, 6.07) is 5.01. The van der Waals surface area contributed by atoms with Crippen LogP contribution >= 0.6 is 22.9 Å². The monoisotopic (exact) mass is 422 g/mol. The number of esters is 1. The van der Waals surface area contributed by atoms with E-state index in [1.54, 1.807) is 25.1 Å². The molecule has 7 nitrogen and oxygen atoms in total. The van der Waals surface area contributed by atoms with Gasteiger partial charge >= 0.3 is 5.97 Å². The van der Waals surface area contributed by atoms with Crippen molar-refractivity contribution in [1.82, 2.24) is 0 Å². The molecular weight excluding hydrogens is 404 g/mol. The fourth-order valence-electron chi connectivity index (χ4n) is 3.01. The number of carbonyl (C=O) groups excluding carboxylic acids is 3. The first-order valence-corrected chi connectivity index (χ1v) is 9.83. The molecule has 0 spiro atoms. The second-order valence-corrected chi connectivity index (χ2v) is 7.87. The average molecular weight is 423 g/mol. The normalized spacial score (nSPS) is 12.4. The van der Waals surface area contributed by atoms with Crippen LogP contribution in [0.1, 0.15) is 32.8 Å². The lowest BCUT2D eigenvalue weighted by molar-refractivity contribution is -0.149. The summed E-state index contributed by atoms with van der Waals surface area (Å²) in [6.07, 6.45) is 2.61. The molecule has 0 aliphatic heterocycles. The molecule has 2 aromatic rings. The third-order valence-electron chi connectivity index (χ3n) is 4.27. The van der Waals surface area contributed by atoms with Crippen molar-refractivity contribution < 1.29 is 23.9 Å². The Kier molecular flexibility index (Phi) is 6.21. The van der Waals surface area contributed by atoms with E-state index in [-0.39, 0.29) is 6.61 Å². The van der Waals surface area contributed by atoms with E-state index in [0.29, 0.717) is 21.3 Å². The van der Waals surface area contributed by atoms with Crippen LogP contribution in [0.3, 0.4) is 0 Å². The minimum absolute atomic E-state index is 0.338. The van der Waals surface area contributed by atoms with Gasteiger partial charge in [-0.25, -0.2) is 4.79 Å². The first kappa shape index (κ1) is 20.2. The van der Waals surface area contributed by atoms with Gasteiger partial charge in [0, 0.05) is 9.90 Å². The summed E-state index contributed by atoms with van der Waals surface area (Å²) in [7, 11) is 0. The van der Waals surface area contributed by atoms with E-state index in [2.05, 4.69) is 5.32 Å². The van der Waals surface area contributed by atoms with Gasteiger partial charge in [-0.15, -0.1) is 11.3 Å². The van der Waals surface area contributed by atoms with Gasteiger partial charge in [-0.3, -0.25) is 9.59 Å². The third-order valence-corrected chi connectivity index (χ3v) is 5.71. The van der Waals surface area contributed by atoms with Crippen LogP contribution in [0.4, 0.5) is 5.00 Å². The summed E-state index contributed by atoms with van der Waals surface area (Å²) < 4.78 is 10.3. The summed E-state index contributed by atoms with van der Waals surface area (Å²) in [5.74, 6) is -1.30. The van der Waals surface area contributed by atoms with Gasteiger partial charge < -0.3 is 20.5 Å². The molecule has 3 rings (SSSR count). The second kappa shape index (κ2) is 8.62. The molecule has 1 aliphatic carbocycles. The summed E-state index contributed by atoms with van der Waals surface area (Å²) in [5.41, 5.74) is 7.51. The fourth-order valence-corrected chi connectivity index (χ4v) is 4.55. The van der Waals surface area contributed by atoms with Crippen LogP contribution in [0.25, 0.3) is 0 Å². The molecule has 0 atom stereocenters. The maximum Gasteiger partial charge on any atom is 0.344 e. The topological polar surface area (TPSA) is 108 Å². The molecule has 1 aromatic heterocycles. The number of benzene rings is 1. The predicted molar refractivity (Wildman–Crippen MR) is 106 cm³/mol. The van der Waals surface area contributed by atoms with Crippen LogP contribution < -0.4 is 15.8 Å². The third kappa shape index (κ3) is 4.63. The highest BCUT2D eigenvalue weighted by Gasteiger charge is 2.26. The summed E-state index contributed by atoms with van der Waals surface area (Å²) >= 11 is 7.21. The first-order valence-electron chi connectivity index (χ1n) is 8.64. The summed E-state index contributed by atoms with van der Waals surface area (Å²) in [5, 5.41) is 3.59. The zero-order valence-corrected chi connectivity index (χ0v) is 16.7. The minimum Gasteiger partial charge on any atom is -0.482 e. The molecule has 9 heteroatoms. The SMILES string of the molecule is Cc1cc(Cl)ccc1OCC(=O)OCC(=O)Nc1sc2c(c1C(N)=O)CCC2. The van der Waals surface area contributed by atoms with E-state index >= 15 is 0 Å². The largest absolute Gasteiger partial charge is 0.482 e. The fraction of sp³-hybridized carbons (Fsp3) is 0.316. The number of ether oxygens (including phenoxy) is 2. The van der Waals surface area contributed by atoms with Crippen molar-refractivity contribution in [3.63, 3.8) is 0 Å². The van der Waals surface area contributed by atoms with Gasteiger partial charge in [-0.1, -0.05) is 11.6 Å². The highest BCUT2D eigenvalue weighted by molar-refractivity contribution is 7.17. The Labute approximate surface area is 170 Å². The highest BCUT2D eigenvalue weighted by Crippen LogP contribution is 2.38. The molecule has 1 aromatic carbocycles. The molecule has 0 unspecified atom stereocenters. The van der Waals surface area contributed by atoms with Gasteiger partial charge in [0.1, 0.15) is 10.8 Å². The number of aryl methyl sites for hydroxylation is 2. The van der Waals surface area contributed by atoms with Gasteiger partial charge in [-0.05, 0) is 55.5 Å². The number of anilines is 1. The van der Waals surface area contributed by atoms with Crippen LogP contribution in [0.2, 0.25) is 5.02 Å². The molecule has 28 heavy (non-hydrogen) atoms. The van der Waals surface area contributed by atoms with Crippen LogP contribution in [0.15, 0.2) is 18.2 Å². The maximum atomic E-state index is 12.1. The van der Waals surface area contributed by atoms with Gasteiger partial charge in [0.25, 0.3) is 11.8 Å². The molecule has 148 valence electrons. The van der Waals surface area contributed by atoms with E-state index in [1.165, 1.54) is 11.3 Å². The van der Waals surface area contributed by atoms with Crippen molar-refractivity contribution >= 4 is 45.7 Å². The second-order valence-electron chi connectivity index (χ2n) is 6.33. The number of rotatable bonds is 7. The lowest BCUT2D eigenvalue weighted by Gasteiger charge is -2.10. The van der Waals surface area contributed by atoms with Crippen molar-refractivity contribution in [3.05, 3.63) is 44.8 Å². The average Bonchev–Trinajstić information content (AvgIpc) is 3.19.